The van der Waals surface area contributed by atoms with Gasteiger partial charge in [-0.05, 0) is 30.8 Å². The first kappa shape index (κ1) is 14.2. The average Bonchev–Trinajstić information content (AvgIpc) is 3.11. The highest BCUT2D eigenvalue weighted by molar-refractivity contribution is 7.13. The van der Waals surface area contributed by atoms with E-state index in [-0.39, 0.29) is 12.5 Å². The van der Waals surface area contributed by atoms with Gasteiger partial charge < -0.3 is 9.63 Å². The molecule has 0 aliphatic carbocycles. The van der Waals surface area contributed by atoms with Gasteiger partial charge in [-0.25, -0.2) is 0 Å². The smallest absolute Gasteiger partial charge is 0.304 e. The van der Waals surface area contributed by atoms with E-state index in [2.05, 4.69) is 15.0 Å². The van der Waals surface area contributed by atoms with Crippen LogP contribution in [0.1, 0.15) is 31.5 Å². The summed E-state index contributed by atoms with van der Waals surface area (Å²) in [6.45, 7) is 1.44. The van der Waals surface area contributed by atoms with Gasteiger partial charge in [0.25, 0.3) is 5.89 Å². The summed E-state index contributed by atoms with van der Waals surface area (Å²) in [7, 11) is 0. The largest absolute Gasteiger partial charge is 0.481 e. The minimum Gasteiger partial charge on any atom is -0.481 e. The summed E-state index contributed by atoms with van der Waals surface area (Å²) < 4.78 is 5.27. The molecule has 21 heavy (non-hydrogen) atoms. The molecule has 1 aliphatic rings. The van der Waals surface area contributed by atoms with Gasteiger partial charge in [0.1, 0.15) is 0 Å². The maximum Gasteiger partial charge on any atom is 0.304 e. The topological polar surface area (TPSA) is 79.5 Å². The first-order valence-corrected chi connectivity index (χ1v) is 7.92. The molecule has 0 bridgehead atoms. The molecule has 3 heterocycles. The fourth-order valence-electron chi connectivity index (χ4n) is 2.70. The first-order chi connectivity index (χ1) is 10.2. The summed E-state index contributed by atoms with van der Waals surface area (Å²) in [6, 6.07) is 3.95. The molecule has 1 atom stereocenters. The lowest BCUT2D eigenvalue weighted by molar-refractivity contribution is -0.138. The Morgan fingerprint density at radius 1 is 1.52 bits per heavy atom. The van der Waals surface area contributed by atoms with Crippen LogP contribution in [0.2, 0.25) is 0 Å². The molecule has 0 saturated carbocycles. The van der Waals surface area contributed by atoms with Gasteiger partial charge in [0.2, 0.25) is 0 Å². The van der Waals surface area contributed by atoms with Crippen molar-refractivity contribution < 1.29 is 14.4 Å². The lowest BCUT2D eigenvalue weighted by Crippen LogP contribution is -2.40. The van der Waals surface area contributed by atoms with E-state index in [1.165, 1.54) is 0 Å². The van der Waals surface area contributed by atoms with Crippen LogP contribution in [0.4, 0.5) is 0 Å². The molecule has 0 radical (unpaired) electrons. The summed E-state index contributed by atoms with van der Waals surface area (Å²) in [6.07, 6.45) is 3.27. The number of carboxylic acids is 1. The van der Waals surface area contributed by atoms with E-state index < -0.39 is 5.97 Å². The molecular weight excluding hydrogens is 290 g/mol. The Kier molecular flexibility index (Phi) is 4.31. The molecule has 1 saturated heterocycles. The van der Waals surface area contributed by atoms with Crippen molar-refractivity contribution in [3.05, 3.63) is 23.3 Å². The van der Waals surface area contributed by atoms with Crippen molar-refractivity contribution >= 4 is 17.3 Å². The molecule has 112 valence electrons. The van der Waals surface area contributed by atoms with Crippen molar-refractivity contribution in [1.29, 1.82) is 0 Å². The van der Waals surface area contributed by atoms with Crippen LogP contribution in [0.15, 0.2) is 22.0 Å². The van der Waals surface area contributed by atoms with Crippen LogP contribution < -0.4 is 0 Å². The first-order valence-electron chi connectivity index (χ1n) is 7.04. The number of rotatable bonds is 5. The van der Waals surface area contributed by atoms with Gasteiger partial charge >= 0.3 is 5.97 Å². The Hall–Kier alpha value is -1.73. The molecular formula is C14H17N3O3S. The molecule has 1 aliphatic heterocycles. The Morgan fingerprint density at radius 2 is 2.43 bits per heavy atom. The maximum absolute atomic E-state index is 10.9. The second-order valence-corrected chi connectivity index (χ2v) is 6.16. The zero-order valence-electron chi connectivity index (χ0n) is 11.6. The fraction of sp³-hybridized carbons (Fsp3) is 0.500. The predicted molar refractivity (Wildman–Crippen MR) is 77.9 cm³/mol. The summed E-state index contributed by atoms with van der Waals surface area (Å²) in [5.74, 6) is 0.404. The van der Waals surface area contributed by atoms with E-state index in [0.717, 1.165) is 30.7 Å². The number of carbonyl (C=O) groups is 1. The summed E-state index contributed by atoms with van der Waals surface area (Å²) in [5.41, 5.74) is 0. The highest BCUT2D eigenvalue weighted by Gasteiger charge is 2.26. The third-order valence-electron chi connectivity index (χ3n) is 3.70. The van der Waals surface area contributed by atoms with E-state index in [1.54, 1.807) is 11.3 Å². The monoisotopic (exact) mass is 307 g/mol. The van der Waals surface area contributed by atoms with Crippen molar-refractivity contribution in [2.24, 2.45) is 0 Å². The number of aliphatic carboxylic acids is 1. The molecule has 1 fully saturated rings. The van der Waals surface area contributed by atoms with Crippen LogP contribution in [0.3, 0.4) is 0 Å². The Morgan fingerprint density at radius 3 is 3.19 bits per heavy atom. The van der Waals surface area contributed by atoms with E-state index in [1.807, 2.05) is 17.5 Å². The summed E-state index contributed by atoms with van der Waals surface area (Å²) in [5, 5.41) is 15.0. The Balaban J connectivity index is 1.68. The number of hydrogen-bond donors (Lipinski definition) is 1. The maximum atomic E-state index is 10.9. The van der Waals surface area contributed by atoms with Crippen LogP contribution in [0, 0.1) is 0 Å². The standard InChI is InChI=1S/C14H17N3O3S/c18-13(19)8-10-4-1-2-6-17(10)9-12-15-14(20-16-12)11-5-3-7-21-11/h3,5,7,10H,1-2,4,6,8-9H2,(H,18,19). The minimum absolute atomic E-state index is 0.0694. The number of aromatic nitrogens is 2. The normalized spacial score (nSPS) is 19.7. The average molecular weight is 307 g/mol. The molecule has 3 rings (SSSR count). The number of nitrogens with zero attached hydrogens (tertiary/aromatic N) is 3. The van der Waals surface area contributed by atoms with Gasteiger partial charge in [0.15, 0.2) is 5.82 Å². The van der Waals surface area contributed by atoms with Crippen LogP contribution in [0.25, 0.3) is 10.8 Å². The van der Waals surface area contributed by atoms with Crippen molar-refractivity contribution in [3.63, 3.8) is 0 Å². The molecule has 7 heteroatoms. The van der Waals surface area contributed by atoms with Crippen LogP contribution in [-0.2, 0) is 11.3 Å². The van der Waals surface area contributed by atoms with Gasteiger partial charge in [-0.3, -0.25) is 9.69 Å². The van der Waals surface area contributed by atoms with Crippen molar-refractivity contribution in [1.82, 2.24) is 15.0 Å². The SMILES string of the molecule is O=C(O)CC1CCCCN1Cc1noc(-c2cccs2)n1. The second-order valence-electron chi connectivity index (χ2n) is 5.21. The molecule has 0 amide bonds. The van der Waals surface area contributed by atoms with Gasteiger partial charge in [-0.2, -0.15) is 4.98 Å². The third-order valence-corrected chi connectivity index (χ3v) is 4.56. The van der Waals surface area contributed by atoms with Crippen LogP contribution in [-0.4, -0.2) is 38.7 Å². The third kappa shape index (κ3) is 3.48. The highest BCUT2D eigenvalue weighted by Crippen LogP contribution is 2.24. The number of likely N-dealkylation sites (tertiary alicyclic amines) is 1. The Bertz CT molecular complexity index is 596. The molecule has 0 spiro atoms. The van der Waals surface area contributed by atoms with Crippen LogP contribution >= 0.6 is 11.3 Å². The lowest BCUT2D eigenvalue weighted by Gasteiger charge is -2.33. The molecule has 2 aromatic heterocycles. The summed E-state index contributed by atoms with van der Waals surface area (Å²) in [4.78, 5) is 18.5. The molecule has 1 N–H and O–H groups in total. The highest BCUT2D eigenvalue weighted by atomic mass is 32.1. The predicted octanol–water partition coefficient (Wildman–Crippen LogP) is 2.63. The number of thiophene rings is 1. The fourth-order valence-corrected chi connectivity index (χ4v) is 3.35. The van der Waals surface area contributed by atoms with Crippen molar-refractivity contribution in [2.45, 2.75) is 38.3 Å². The van der Waals surface area contributed by atoms with Gasteiger partial charge in [0.05, 0.1) is 17.8 Å². The van der Waals surface area contributed by atoms with Gasteiger partial charge in [0, 0.05) is 6.04 Å². The summed E-state index contributed by atoms with van der Waals surface area (Å²) >= 11 is 1.56. The minimum atomic E-state index is -0.751. The number of carboxylic acid groups (broad SMARTS) is 1. The van der Waals surface area contributed by atoms with E-state index >= 15 is 0 Å². The zero-order chi connectivity index (χ0) is 14.7. The lowest BCUT2D eigenvalue weighted by atomic mass is 9.99. The second kappa shape index (κ2) is 6.36. The number of piperidine rings is 1. The van der Waals surface area contributed by atoms with Gasteiger partial charge in [-0.15, -0.1) is 11.3 Å². The van der Waals surface area contributed by atoms with Crippen molar-refractivity contribution in [2.75, 3.05) is 6.54 Å². The molecule has 0 aromatic carbocycles. The number of hydrogen-bond acceptors (Lipinski definition) is 6. The van der Waals surface area contributed by atoms with Gasteiger partial charge in [-0.1, -0.05) is 17.6 Å². The molecule has 1 unspecified atom stereocenters. The van der Waals surface area contributed by atoms with Crippen molar-refractivity contribution in [3.8, 4) is 10.8 Å². The molecule has 2 aromatic rings. The molecule has 6 nitrogen and oxygen atoms in total. The van der Waals surface area contributed by atoms with Crippen LogP contribution in [0.5, 0.6) is 0 Å². The Labute approximate surface area is 126 Å². The quantitative estimate of drug-likeness (QED) is 0.914. The van der Waals surface area contributed by atoms with E-state index in [9.17, 15) is 4.79 Å². The van der Waals surface area contributed by atoms with E-state index in [4.69, 9.17) is 9.63 Å². The zero-order valence-corrected chi connectivity index (χ0v) is 12.4. The van der Waals surface area contributed by atoms with E-state index in [0.29, 0.717) is 18.3 Å².